The lowest BCUT2D eigenvalue weighted by Gasteiger charge is -2.35. The summed E-state index contributed by atoms with van der Waals surface area (Å²) in [6, 6.07) is 8.47. The predicted octanol–water partition coefficient (Wildman–Crippen LogP) is 3.37. The number of amides is 3. The van der Waals surface area contributed by atoms with Crippen molar-refractivity contribution in [3.63, 3.8) is 0 Å². The Balaban J connectivity index is 0.974. The second-order valence-electron chi connectivity index (χ2n) is 11.4. The molecule has 0 spiro atoms. The fraction of sp³-hybridized carbons (Fsp3) is 0.414. The van der Waals surface area contributed by atoms with Crippen LogP contribution >= 0.6 is 0 Å². The number of piperidine rings is 1. The van der Waals surface area contributed by atoms with Crippen LogP contribution in [0.5, 0.6) is 0 Å². The van der Waals surface area contributed by atoms with Gasteiger partial charge in [-0.15, -0.1) is 0 Å². The Labute approximate surface area is 230 Å². The third-order valence-corrected chi connectivity index (χ3v) is 8.58. The topological polar surface area (TPSA) is 135 Å². The Bertz CT molecular complexity index is 1540. The van der Waals surface area contributed by atoms with Crippen molar-refractivity contribution in [2.45, 2.75) is 63.1 Å². The molecule has 3 aromatic rings. The standard InChI is InChI=1S/C29H30FN7O3/c30-22-5-6-23(33-27(22)31)21-14-37(35-26(21)16-1-2-16)19-9-15(10-19)12-32-18-4-3-17-13-36(29(40)20(17)11-18)24-7-8-25(38)34-28(24)39/h3-6,11,14-16,19,24,32H,1-2,7-10,12-13H2,(H2,31,33)(H,34,38,39)/t15-,19-,24?. The van der Waals surface area contributed by atoms with Crippen LogP contribution in [-0.4, -0.2) is 50.0 Å². The third kappa shape index (κ3) is 4.39. The second kappa shape index (κ2) is 9.42. The number of nitrogen functional groups attached to an aromatic ring is 1. The third-order valence-electron chi connectivity index (χ3n) is 8.58. The number of nitrogens with one attached hydrogen (secondary N) is 2. The van der Waals surface area contributed by atoms with Crippen molar-refractivity contribution in [2.75, 3.05) is 17.6 Å². The van der Waals surface area contributed by atoms with E-state index in [1.165, 1.54) is 6.07 Å². The molecule has 1 unspecified atom stereocenters. The summed E-state index contributed by atoms with van der Waals surface area (Å²) < 4.78 is 15.7. The largest absolute Gasteiger partial charge is 0.385 e. The lowest BCUT2D eigenvalue weighted by molar-refractivity contribution is -0.136. The molecule has 10 nitrogen and oxygen atoms in total. The van der Waals surface area contributed by atoms with E-state index >= 15 is 0 Å². The molecule has 4 heterocycles. The van der Waals surface area contributed by atoms with E-state index in [1.807, 2.05) is 29.1 Å². The van der Waals surface area contributed by atoms with Crippen LogP contribution in [0.25, 0.3) is 11.3 Å². The van der Waals surface area contributed by atoms with E-state index in [9.17, 15) is 18.8 Å². The summed E-state index contributed by atoms with van der Waals surface area (Å²) in [6.07, 6.45) is 6.79. The molecule has 3 amide bonds. The fourth-order valence-electron chi connectivity index (χ4n) is 6.07. The maximum Gasteiger partial charge on any atom is 0.255 e. The minimum absolute atomic E-state index is 0.0984. The molecule has 2 aliphatic heterocycles. The van der Waals surface area contributed by atoms with Gasteiger partial charge in [0.15, 0.2) is 11.6 Å². The first-order valence-corrected chi connectivity index (χ1v) is 13.9. The first-order valence-electron chi connectivity index (χ1n) is 13.9. The van der Waals surface area contributed by atoms with Crippen molar-refractivity contribution in [1.82, 2.24) is 25.0 Å². The van der Waals surface area contributed by atoms with E-state index in [0.717, 1.165) is 54.7 Å². The van der Waals surface area contributed by atoms with Crippen molar-refractivity contribution in [3.05, 3.63) is 59.2 Å². The summed E-state index contributed by atoms with van der Waals surface area (Å²) in [5.41, 5.74) is 10.7. The molecule has 3 fully saturated rings. The van der Waals surface area contributed by atoms with Crippen LogP contribution in [0.1, 0.15) is 72.1 Å². The van der Waals surface area contributed by atoms with Gasteiger partial charge in [-0.1, -0.05) is 6.07 Å². The highest BCUT2D eigenvalue weighted by Gasteiger charge is 2.39. The van der Waals surface area contributed by atoms with Crippen molar-refractivity contribution in [3.8, 4) is 11.3 Å². The van der Waals surface area contributed by atoms with Crippen molar-refractivity contribution >= 4 is 29.2 Å². The van der Waals surface area contributed by atoms with Gasteiger partial charge in [0.25, 0.3) is 5.91 Å². The van der Waals surface area contributed by atoms with Crippen LogP contribution < -0.4 is 16.4 Å². The Kier molecular flexibility index (Phi) is 5.83. The number of rotatable bonds is 7. The summed E-state index contributed by atoms with van der Waals surface area (Å²) in [7, 11) is 0. The van der Waals surface area contributed by atoms with Crippen LogP contribution in [0.15, 0.2) is 36.5 Å². The molecule has 11 heteroatoms. The molecular weight excluding hydrogens is 513 g/mol. The molecule has 4 aliphatic rings. The lowest BCUT2D eigenvalue weighted by Crippen LogP contribution is -2.52. The number of imide groups is 1. The van der Waals surface area contributed by atoms with Crippen LogP contribution in [0.3, 0.4) is 0 Å². The molecule has 7 rings (SSSR count). The Morgan fingerprint density at radius 1 is 1.07 bits per heavy atom. The minimum Gasteiger partial charge on any atom is -0.385 e. The summed E-state index contributed by atoms with van der Waals surface area (Å²) in [5, 5.41) is 10.7. The maximum absolute atomic E-state index is 13.7. The first-order chi connectivity index (χ1) is 19.3. The van der Waals surface area contributed by atoms with E-state index in [1.54, 1.807) is 11.0 Å². The van der Waals surface area contributed by atoms with Crippen molar-refractivity contribution in [1.29, 1.82) is 0 Å². The smallest absolute Gasteiger partial charge is 0.255 e. The van der Waals surface area contributed by atoms with Gasteiger partial charge in [0, 0.05) is 48.4 Å². The van der Waals surface area contributed by atoms with E-state index in [2.05, 4.69) is 15.6 Å². The summed E-state index contributed by atoms with van der Waals surface area (Å²) in [6.45, 7) is 1.15. The number of carbonyl (C=O) groups is 3. The maximum atomic E-state index is 13.7. The minimum atomic E-state index is -0.611. The molecule has 1 saturated heterocycles. The van der Waals surface area contributed by atoms with E-state index < -0.39 is 17.8 Å². The number of nitrogens with zero attached hydrogens (tertiary/aromatic N) is 4. The van der Waals surface area contributed by atoms with E-state index in [4.69, 9.17) is 10.8 Å². The SMILES string of the molecule is Nc1nc(-c2cn([C@H]3C[C@H](CNc4ccc5c(c4)C(=O)N(C4CCC(=O)NC4=O)C5)C3)nc2C2CC2)ccc1F. The number of hydrogen-bond acceptors (Lipinski definition) is 7. The highest BCUT2D eigenvalue weighted by atomic mass is 19.1. The molecule has 206 valence electrons. The molecule has 0 radical (unpaired) electrons. The Morgan fingerprint density at radius 3 is 2.65 bits per heavy atom. The van der Waals surface area contributed by atoms with Gasteiger partial charge < -0.3 is 16.0 Å². The molecule has 2 aliphatic carbocycles. The van der Waals surface area contributed by atoms with Gasteiger partial charge >= 0.3 is 0 Å². The van der Waals surface area contributed by atoms with Gasteiger partial charge in [-0.05, 0) is 67.9 Å². The average Bonchev–Trinajstić information content (AvgIpc) is 3.59. The molecule has 2 aromatic heterocycles. The summed E-state index contributed by atoms with van der Waals surface area (Å²) >= 11 is 0. The highest BCUT2D eigenvalue weighted by molar-refractivity contribution is 6.05. The number of nitrogens with two attached hydrogens (primary N) is 1. The summed E-state index contributed by atoms with van der Waals surface area (Å²) in [5.74, 6) is -0.587. The molecule has 4 N–H and O–H groups in total. The number of anilines is 2. The van der Waals surface area contributed by atoms with Crippen LogP contribution in [0, 0.1) is 11.7 Å². The van der Waals surface area contributed by atoms with Gasteiger partial charge in [-0.2, -0.15) is 5.10 Å². The van der Waals surface area contributed by atoms with Gasteiger partial charge in [0.1, 0.15) is 6.04 Å². The van der Waals surface area contributed by atoms with Crippen LogP contribution in [0.4, 0.5) is 15.9 Å². The number of benzene rings is 1. The van der Waals surface area contributed by atoms with Crippen LogP contribution in [-0.2, 0) is 16.1 Å². The zero-order valence-electron chi connectivity index (χ0n) is 21.9. The Morgan fingerprint density at radius 2 is 1.90 bits per heavy atom. The van der Waals surface area contributed by atoms with E-state index in [0.29, 0.717) is 42.1 Å². The second-order valence-corrected chi connectivity index (χ2v) is 11.4. The number of aromatic nitrogens is 3. The monoisotopic (exact) mass is 543 g/mol. The molecule has 1 aromatic carbocycles. The summed E-state index contributed by atoms with van der Waals surface area (Å²) in [4.78, 5) is 42.7. The van der Waals surface area contributed by atoms with Gasteiger partial charge in [0.2, 0.25) is 11.8 Å². The average molecular weight is 544 g/mol. The Hall–Kier alpha value is -4.28. The molecule has 1 atom stereocenters. The number of hydrogen-bond donors (Lipinski definition) is 3. The first kappa shape index (κ1) is 24.7. The van der Waals surface area contributed by atoms with Gasteiger partial charge in [-0.3, -0.25) is 24.4 Å². The fourth-order valence-corrected chi connectivity index (χ4v) is 6.07. The molecule has 0 bridgehead atoms. The van der Waals surface area contributed by atoms with Gasteiger partial charge in [0.05, 0.1) is 17.4 Å². The molecule has 40 heavy (non-hydrogen) atoms. The zero-order valence-corrected chi connectivity index (χ0v) is 21.9. The van der Waals surface area contributed by atoms with Gasteiger partial charge in [-0.25, -0.2) is 9.37 Å². The zero-order chi connectivity index (χ0) is 27.5. The molecular formula is C29H30FN7O3. The van der Waals surface area contributed by atoms with Crippen molar-refractivity contribution in [2.24, 2.45) is 5.92 Å². The van der Waals surface area contributed by atoms with Crippen LogP contribution in [0.2, 0.25) is 0 Å². The predicted molar refractivity (Wildman–Crippen MR) is 145 cm³/mol. The van der Waals surface area contributed by atoms with E-state index in [-0.39, 0.29) is 24.1 Å². The number of halogens is 1. The number of carbonyl (C=O) groups excluding carboxylic acids is 3. The normalized spacial score (nSPS) is 24.1. The van der Waals surface area contributed by atoms with Crippen molar-refractivity contribution < 1.29 is 18.8 Å². The number of fused-ring (bicyclic) bond motifs is 1. The highest BCUT2D eigenvalue weighted by Crippen LogP contribution is 2.45. The molecule has 2 saturated carbocycles. The quantitative estimate of drug-likeness (QED) is 0.389. The lowest BCUT2D eigenvalue weighted by atomic mass is 9.80. The number of pyridine rings is 1.